The molecule has 2 aromatic carbocycles. The molecule has 2 N–H and O–H groups in total. The standard InChI is InChI=1S/C20H20N4O3S/c25-20(24-11-10-19-16(14-24)13-22-23-19)21-12-15-6-8-18(9-7-15)28(26,27)17-4-2-1-3-5-17/h1-9,13H,10-12,14H2,(H,21,25)(H,22,23). The van der Waals surface area contributed by atoms with E-state index in [1.54, 1.807) is 65.7 Å². The summed E-state index contributed by atoms with van der Waals surface area (Å²) in [5.74, 6) is 0. The molecular formula is C20H20N4O3S. The van der Waals surface area contributed by atoms with Crippen LogP contribution in [0.3, 0.4) is 0 Å². The molecule has 1 aromatic heterocycles. The van der Waals surface area contributed by atoms with Gasteiger partial charge in [-0.05, 0) is 29.8 Å². The average molecular weight is 396 g/mol. The van der Waals surface area contributed by atoms with E-state index in [0.717, 1.165) is 23.2 Å². The molecule has 2 heterocycles. The summed E-state index contributed by atoms with van der Waals surface area (Å²) in [5.41, 5.74) is 2.96. The van der Waals surface area contributed by atoms with Crippen LogP contribution in [0, 0.1) is 0 Å². The summed E-state index contributed by atoms with van der Waals surface area (Å²) in [6.45, 7) is 1.50. The third-order valence-corrected chi connectivity index (χ3v) is 6.60. The lowest BCUT2D eigenvalue weighted by atomic mass is 10.1. The van der Waals surface area contributed by atoms with Gasteiger partial charge in [-0.2, -0.15) is 5.10 Å². The topological polar surface area (TPSA) is 95.2 Å². The summed E-state index contributed by atoms with van der Waals surface area (Å²) < 4.78 is 25.2. The number of carbonyl (C=O) groups excluding carboxylic acids is 1. The number of aromatic amines is 1. The van der Waals surface area contributed by atoms with Gasteiger partial charge in [-0.25, -0.2) is 13.2 Å². The van der Waals surface area contributed by atoms with Crippen LogP contribution in [-0.2, 0) is 29.3 Å². The minimum atomic E-state index is -3.53. The van der Waals surface area contributed by atoms with E-state index >= 15 is 0 Å². The molecule has 28 heavy (non-hydrogen) atoms. The van der Waals surface area contributed by atoms with Crippen molar-refractivity contribution in [2.75, 3.05) is 6.54 Å². The predicted octanol–water partition coefficient (Wildman–Crippen LogP) is 2.51. The Morgan fingerprint density at radius 1 is 1.07 bits per heavy atom. The Morgan fingerprint density at radius 2 is 1.79 bits per heavy atom. The van der Waals surface area contributed by atoms with Gasteiger partial charge in [-0.1, -0.05) is 30.3 Å². The molecule has 0 atom stereocenters. The number of H-pyrrole nitrogens is 1. The lowest BCUT2D eigenvalue weighted by Crippen LogP contribution is -2.42. The van der Waals surface area contributed by atoms with E-state index in [2.05, 4.69) is 15.5 Å². The number of benzene rings is 2. The summed E-state index contributed by atoms with van der Waals surface area (Å²) in [7, 11) is -3.53. The number of nitrogens with one attached hydrogen (secondary N) is 2. The highest BCUT2D eigenvalue weighted by Crippen LogP contribution is 2.21. The minimum Gasteiger partial charge on any atom is -0.334 e. The van der Waals surface area contributed by atoms with E-state index in [-0.39, 0.29) is 15.8 Å². The summed E-state index contributed by atoms with van der Waals surface area (Å²) in [5, 5.41) is 9.84. The lowest BCUT2D eigenvalue weighted by Gasteiger charge is -2.26. The van der Waals surface area contributed by atoms with Gasteiger partial charge in [0.1, 0.15) is 0 Å². The molecule has 0 saturated heterocycles. The van der Waals surface area contributed by atoms with Crippen molar-refractivity contribution in [1.82, 2.24) is 20.4 Å². The van der Waals surface area contributed by atoms with E-state index in [4.69, 9.17) is 0 Å². The van der Waals surface area contributed by atoms with Gasteiger partial charge < -0.3 is 10.2 Å². The van der Waals surface area contributed by atoms with Crippen LogP contribution in [0.4, 0.5) is 4.79 Å². The number of hydrogen-bond donors (Lipinski definition) is 2. The first-order chi connectivity index (χ1) is 13.5. The highest BCUT2D eigenvalue weighted by Gasteiger charge is 2.22. The van der Waals surface area contributed by atoms with Gasteiger partial charge in [-0.3, -0.25) is 5.10 Å². The molecule has 2 amide bonds. The van der Waals surface area contributed by atoms with Crippen LogP contribution in [0.2, 0.25) is 0 Å². The fourth-order valence-corrected chi connectivity index (χ4v) is 4.49. The van der Waals surface area contributed by atoms with Gasteiger partial charge in [0, 0.05) is 30.8 Å². The van der Waals surface area contributed by atoms with E-state index < -0.39 is 9.84 Å². The highest BCUT2D eigenvalue weighted by atomic mass is 32.2. The number of urea groups is 1. The van der Waals surface area contributed by atoms with Crippen molar-refractivity contribution < 1.29 is 13.2 Å². The van der Waals surface area contributed by atoms with Crippen LogP contribution < -0.4 is 5.32 Å². The third-order valence-electron chi connectivity index (χ3n) is 4.82. The second kappa shape index (κ2) is 7.47. The van der Waals surface area contributed by atoms with Gasteiger partial charge in [0.25, 0.3) is 0 Å². The molecule has 3 aromatic rings. The van der Waals surface area contributed by atoms with E-state index in [9.17, 15) is 13.2 Å². The summed E-state index contributed by atoms with van der Waals surface area (Å²) in [6.07, 6.45) is 2.51. The van der Waals surface area contributed by atoms with E-state index in [1.165, 1.54) is 0 Å². The molecule has 0 radical (unpaired) electrons. The van der Waals surface area contributed by atoms with E-state index in [1.807, 2.05) is 0 Å². The van der Waals surface area contributed by atoms with Gasteiger partial charge in [-0.15, -0.1) is 0 Å². The molecule has 0 saturated carbocycles. The zero-order valence-electron chi connectivity index (χ0n) is 15.1. The van der Waals surface area contributed by atoms with E-state index in [0.29, 0.717) is 19.6 Å². The zero-order valence-corrected chi connectivity index (χ0v) is 15.9. The van der Waals surface area contributed by atoms with Crippen LogP contribution >= 0.6 is 0 Å². The molecule has 1 aliphatic heterocycles. The maximum atomic E-state index is 12.6. The third kappa shape index (κ3) is 3.63. The predicted molar refractivity (Wildman–Crippen MR) is 103 cm³/mol. The number of carbonyl (C=O) groups is 1. The number of hydrogen-bond acceptors (Lipinski definition) is 4. The van der Waals surface area contributed by atoms with Crippen molar-refractivity contribution in [2.45, 2.75) is 29.3 Å². The molecule has 4 rings (SSSR count). The van der Waals surface area contributed by atoms with Gasteiger partial charge >= 0.3 is 6.03 Å². The molecular weight excluding hydrogens is 376 g/mol. The molecule has 8 heteroatoms. The number of aromatic nitrogens is 2. The SMILES string of the molecule is O=C(NCc1ccc(S(=O)(=O)c2ccccc2)cc1)N1CCc2[nH]ncc2C1. The van der Waals surface area contributed by atoms with Crippen molar-refractivity contribution in [2.24, 2.45) is 0 Å². The fraction of sp³-hybridized carbons (Fsp3) is 0.200. The van der Waals surface area contributed by atoms with Crippen LogP contribution in [0.25, 0.3) is 0 Å². The van der Waals surface area contributed by atoms with Crippen molar-refractivity contribution >= 4 is 15.9 Å². The molecule has 1 aliphatic rings. The Hall–Kier alpha value is -3.13. The smallest absolute Gasteiger partial charge is 0.317 e. The fourth-order valence-electron chi connectivity index (χ4n) is 3.21. The maximum Gasteiger partial charge on any atom is 0.317 e. The van der Waals surface area contributed by atoms with Crippen LogP contribution in [-0.4, -0.2) is 36.1 Å². The largest absolute Gasteiger partial charge is 0.334 e. The first-order valence-corrected chi connectivity index (χ1v) is 10.5. The summed E-state index contributed by atoms with van der Waals surface area (Å²) >= 11 is 0. The molecule has 0 bridgehead atoms. The van der Waals surface area contributed by atoms with Crippen molar-refractivity contribution in [3.8, 4) is 0 Å². The molecule has 0 fully saturated rings. The van der Waals surface area contributed by atoms with Crippen LogP contribution in [0.5, 0.6) is 0 Å². The van der Waals surface area contributed by atoms with Crippen molar-refractivity contribution in [3.63, 3.8) is 0 Å². The Labute approximate surface area is 163 Å². The van der Waals surface area contributed by atoms with Crippen LogP contribution in [0.1, 0.15) is 16.8 Å². The Bertz CT molecular complexity index is 1080. The lowest BCUT2D eigenvalue weighted by molar-refractivity contribution is 0.191. The van der Waals surface area contributed by atoms with Crippen LogP contribution in [0.15, 0.2) is 70.6 Å². The molecule has 0 unspecified atom stereocenters. The number of nitrogens with zero attached hydrogens (tertiary/aromatic N) is 2. The summed E-state index contributed by atoms with van der Waals surface area (Å²) in [6, 6.07) is 14.8. The molecule has 0 spiro atoms. The minimum absolute atomic E-state index is 0.146. The van der Waals surface area contributed by atoms with Crippen molar-refractivity contribution in [1.29, 1.82) is 0 Å². The number of rotatable bonds is 4. The monoisotopic (exact) mass is 396 g/mol. The Kier molecular flexibility index (Phi) is 4.87. The van der Waals surface area contributed by atoms with Gasteiger partial charge in [0.05, 0.1) is 22.5 Å². The quantitative estimate of drug-likeness (QED) is 0.708. The number of sulfone groups is 1. The second-order valence-electron chi connectivity index (χ2n) is 6.66. The molecule has 144 valence electrons. The maximum absolute atomic E-state index is 12.6. The number of fused-ring (bicyclic) bond motifs is 1. The molecule has 0 aliphatic carbocycles. The zero-order chi connectivity index (χ0) is 19.6. The van der Waals surface area contributed by atoms with Gasteiger partial charge in [0.15, 0.2) is 0 Å². The Morgan fingerprint density at radius 3 is 2.54 bits per heavy atom. The van der Waals surface area contributed by atoms with Gasteiger partial charge in [0.2, 0.25) is 9.84 Å². The first-order valence-electron chi connectivity index (χ1n) is 8.97. The normalized spacial score (nSPS) is 13.8. The Balaban J connectivity index is 1.38. The number of amides is 2. The molecule has 7 nitrogen and oxygen atoms in total. The second-order valence-corrected chi connectivity index (χ2v) is 8.61. The average Bonchev–Trinajstić information content (AvgIpc) is 3.21. The summed E-state index contributed by atoms with van der Waals surface area (Å²) in [4.78, 5) is 14.6. The first kappa shape index (κ1) is 18.2. The van der Waals surface area contributed by atoms with Crippen molar-refractivity contribution in [3.05, 3.63) is 77.6 Å². The highest BCUT2D eigenvalue weighted by molar-refractivity contribution is 7.91.